The fourth-order valence-electron chi connectivity index (χ4n) is 3.57. The monoisotopic (exact) mass is 397 g/mol. The van der Waals surface area contributed by atoms with Crippen molar-refractivity contribution >= 4 is 23.7 Å². The minimum Gasteiger partial charge on any atom is -0.467 e. The zero-order chi connectivity index (χ0) is 20.2. The van der Waals surface area contributed by atoms with Crippen molar-refractivity contribution in [3.63, 3.8) is 0 Å². The van der Waals surface area contributed by atoms with Crippen molar-refractivity contribution in [3.8, 4) is 0 Å². The van der Waals surface area contributed by atoms with Gasteiger partial charge in [0.15, 0.2) is 5.92 Å². The summed E-state index contributed by atoms with van der Waals surface area (Å²) >= 11 is 0. The molecule has 2 aliphatic rings. The molecule has 1 saturated heterocycles. The number of nitrogens with one attached hydrogen (secondary N) is 1. The number of pyridine rings is 1. The molecule has 0 aliphatic carbocycles. The van der Waals surface area contributed by atoms with Gasteiger partial charge in [-0.15, -0.1) is 0 Å². The second-order valence-corrected chi connectivity index (χ2v) is 6.79. The molecule has 0 spiro atoms. The molecule has 4 rings (SSSR count). The van der Waals surface area contributed by atoms with Gasteiger partial charge in [-0.1, -0.05) is 6.07 Å². The lowest BCUT2D eigenvalue weighted by molar-refractivity contribution is -0.153. The Labute approximate surface area is 168 Å². The number of carbonyl (C=O) groups excluding carboxylic acids is 2. The van der Waals surface area contributed by atoms with E-state index in [0.29, 0.717) is 24.8 Å². The van der Waals surface area contributed by atoms with Crippen molar-refractivity contribution in [2.24, 2.45) is 10.9 Å². The number of nitrogens with zero attached hydrogens (tertiary/aromatic N) is 4. The van der Waals surface area contributed by atoms with Crippen LogP contribution in [0.5, 0.6) is 0 Å². The van der Waals surface area contributed by atoms with Gasteiger partial charge in [-0.3, -0.25) is 14.9 Å². The lowest BCUT2D eigenvalue weighted by Crippen LogP contribution is -2.57. The lowest BCUT2D eigenvalue weighted by Gasteiger charge is -2.39. The number of aliphatic imine (C=N–C) groups is 1. The number of aromatic nitrogens is 1. The normalized spacial score (nSPS) is 22.1. The summed E-state index contributed by atoms with van der Waals surface area (Å²) in [6.45, 7) is 4.74. The average Bonchev–Trinajstić information content (AvgIpc) is 3.29. The second-order valence-electron chi connectivity index (χ2n) is 6.79. The van der Waals surface area contributed by atoms with E-state index < -0.39 is 23.8 Å². The molecule has 9 nitrogen and oxygen atoms in total. The van der Waals surface area contributed by atoms with Crippen molar-refractivity contribution in [2.75, 3.05) is 37.7 Å². The largest absolute Gasteiger partial charge is 0.467 e. The molecule has 1 N–H and O–H groups in total. The molecule has 2 aromatic rings. The van der Waals surface area contributed by atoms with Crippen LogP contribution >= 0.6 is 0 Å². The Hall–Kier alpha value is -3.36. The van der Waals surface area contributed by atoms with Crippen LogP contribution in [0, 0.1) is 5.92 Å². The maximum atomic E-state index is 12.8. The standard InChI is InChI=1S/C20H23N5O4/c1-2-28-19(27)16-17(14-6-5-13-29-14)22-20(23-18(16)26)25-11-9-24(10-12-25)15-7-3-4-8-21-15/h3-8,13,16-17H,2,9-12H2,1H3,(H,22,23,26)/t16-,17+/m1/s1. The predicted molar refractivity (Wildman–Crippen MR) is 105 cm³/mol. The van der Waals surface area contributed by atoms with Gasteiger partial charge < -0.3 is 19.0 Å². The van der Waals surface area contributed by atoms with Gasteiger partial charge in [0.05, 0.1) is 12.9 Å². The van der Waals surface area contributed by atoms with Crippen LogP contribution in [0.2, 0.25) is 0 Å². The van der Waals surface area contributed by atoms with Gasteiger partial charge >= 0.3 is 5.97 Å². The minimum atomic E-state index is -1.07. The van der Waals surface area contributed by atoms with E-state index in [1.54, 1.807) is 25.3 Å². The van der Waals surface area contributed by atoms with Gasteiger partial charge in [0.25, 0.3) is 0 Å². The number of ether oxygens (including phenoxy) is 1. The molecule has 2 aromatic heterocycles. The number of furan rings is 1. The molecule has 0 radical (unpaired) electrons. The summed E-state index contributed by atoms with van der Waals surface area (Å²) in [5, 5.41) is 2.78. The van der Waals surface area contributed by atoms with Crippen molar-refractivity contribution in [2.45, 2.75) is 13.0 Å². The molecule has 1 fully saturated rings. The summed E-state index contributed by atoms with van der Waals surface area (Å²) in [5.74, 6) is -0.256. The first-order valence-electron chi connectivity index (χ1n) is 9.67. The Balaban J connectivity index is 1.53. The Morgan fingerprint density at radius 3 is 2.66 bits per heavy atom. The highest BCUT2D eigenvalue weighted by molar-refractivity contribution is 6.08. The van der Waals surface area contributed by atoms with E-state index in [2.05, 4.69) is 20.2 Å². The van der Waals surface area contributed by atoms with Gasteiger partial charge in [0.1, 0.15) is 17.6 Å². The van der Waals surface area contributed by atoms with Crippen LogP contribution in [0.1, 0.15) is 18.7 Å². The first-order valence-corrected chi connectivity index (χ1v) is 9.67. The third-order valence-electron chi connectivity index (χ3n) is 5.02. The molecule has 152 valence electrons. The van der Waals surface area contributed by atoms with Crippen LogP contribution in [0.3, 0.4) is 0 Å². The third kappa shape index (κ3) is 3.94. The first-order chi connectivity index (χ1) is 14.2. The quantitative estimate of drug-likeness (QED) is 0.611. The number of carbonyl (C=O) groups is 2. The van der Waals surface area contributed by atoms with Crippen LogP contribution in [-0.4, -0.2) is 60.5 Å². The van der Waals surface area contributed by atoms with Crippen molar-refractivity contribution < 1.29 is 18.7 Å². The molecule has 29 heavy (non-hydrogen) atoms. The van der Waals surface area contributed by atoms with Crippen LogP contribution < -0.4 is 10.2 Å². The minimum absolute atomic E-state index is 0.194. The molecular formula is C20H23N5O4. The molecule has 0 bridgehead atoms. The van der Waals surface area contributed by atoms with E-state index in [0.717, 1.165) is 18.9 Å². The summed E-state index contributed by atoms with van der Waals surface area (Å²) in [7, 11) is 0. The molecule has 0 unspecified atom stereocenters. The highest BCUT2D eigenvalue weighted by Crippen LogP contribution is 2.31. The van der Waals surface area contributed by atoms with Crippen molar-refractivity contribution in [3.05, 3.63) is 48.6 Å². The number of anilines is 1. The maximum Gasteiger partial charge on any atom is 0.321 e. The van der Waals surface area contributed by atoms with Crippen LogP contribution in [0.25, 0.3) is 0 Å². The Kier molecular flexibility index (Phi) is 5.46. The van der Waals surface area contributed by atoms with Crippen LogP contribution in [0.15, 0.2) is 52.2 Å². The fraction of sp³-hybridized carbons (Fsp3) is 0.400. The number of esters is 1. The molecule has 0 saturated carbocycles. The van der Waals surface area contributed by atoms with E-state index >= 15 is 0 Å². The zero-order valence-corrected chi connectivity index (χ0v) is 16.2. The van der Waals surface area contributed by atoms with E-state index in [1.807, 2.05) is 23.1 Å². The number of hydrogen-bond donors (Lipinski definition) is 1. The molecular weight excluding hydrogens is 374 g/mol. The summed E-state index contributed by atoms with van der Waals surface area (Å²) in [5.41, 5.74) is 0. The molecule has 9 heteroatoms. The van der Waals surface area contributed by atoms with Gasteiger partial charge in [0.2, 0.25) is 11.9 Å². The van der Waals surface area contributed by atoms with Crippen molar-refractivity contribution in [1.29, 1.82) is 0 Å². The summed E-state index contributed by atoms with van der Waals surface area (Å²) in [4.78, 5) is 38.4. The summed E-state index contributed by atoms with van der Waals surface area (Å²) in [6, 6.07) is 8.51. The molecule has 2 aliphatic heterocycles. The average molecular weight is 397 g/mol. The van der Waals surface area contributed by atoms with Gasteiger partial charge in [-0.05, 0) is 31.2 Å². The second kappa shape index (κ2) is 8.34. The highest BCUT2D eigenvalue weighted by atomic mass is 16.5. The lowest BCUT2D eigenvalue weighted by atomic mass is 9.95. The van der Waals surface area contributed by atoms with E-state index in [9.17, 15) is 9.59 Å². The van der Waals surface area contributed by atoms with Crippen molar-refractivity contribution in [1.82, 2.24) is 15.2 Å². The summed E-state index contributed by atoms with van der Waals surface area (Å²) in [6.07, 6.45) is 3.28. The Morgan fingerprint density at radius 2 is 2.00 bits per heavy atom. The Morgan fingerprint density at radius 1 is 1.21 bits per heavy atom. The van der Waals surface area contributed by atoms with E-state index in [4.69, 9.17) is 9.15 Å². The number of rotatable bonds is 4. The zero-order valence-electron chi connectivity index (χ0n) is 16.2. The van der Waals surface area contributed by atoms with Gasteiger partial charge in [-0.25, -0.2) is 9.98 Å². The number of piperazine rings is 1. The number of amides is 1. The van der Waals surface area contributed by atoms with Crippen LogP contribution in [0.4, 0.5) is 5.82 Å². The third-order valence-corrected chi connectivity index (χ3v) is 5.02. The smallest absolute Gasteiger partial charge is 0.321 e. The fourth-order valence-corrected chi connectivity index (χ4v) is 3.57. The number of guanidine groups is 1. The van der Waals surface area contributed by atoms with Gasteiger partial charge in [0, 0.05) is 32.4 Å². The predicted octanol–water partition coefficient (Wildman–Crippen LogP) is 1.20. The summed E-state index contributed by atoms with van der Waals surface area (Å²) < 4.78 is 10.5. The van der Waals surface area contributed by atoms with E-state index in [-0.39, 0.29) is 6.61 Å². The number of hydrogen-bond acceptors (Lipinski definition) is 8. The highest BCUT2D eigenvalue weighted by Gasteiger charge is 2.43. The Bertz CT molecular complexity index is 876. The van der Waals surface area contributed by atoms with Gasteiger partial charge in [-0.2, -0.15) is 0 Å². The first kappa shape index (κ1) is 19.0. The molecule has 4 heterocycles. The van der Waals surface area contributed by atoms with Crippen LogP contribution in [-0.2, 0) is 14.3 Å². The topological polar surface area (TPSA) is 100 Å². The maximum absolute atomic E-state index is 12.8. The molecule has 1 amide bonds. The molecule has 2 atom stereocenters. The molecule has 0 aromatic carbocycles. The van der Waals surface area contributed by atoms with E-state index in [1.165, 1.54) is 6.26 Å². The SMILES string of the molecule is CCOC(=O)[C@H]1C(=O)NC(N2CCN(c3ccccn3)CC2)=N[C@H]1c1ccco1.